The molecule has 0 aromatic carbocycles. The Hall–Kier alpha value is -0.380. The van der Waals surface area contributed by atoms with Crippen LogP contribution in [0.5, 0.6) is 0 Å². The number of likely N-dealkylation sites (tertiary alicyclic amines) is 1. The Morgan fingerprint density at radius 1 is 1.44 bits per heavy atom. The Bertz CT molecular complexity index is 349. The molecule has 1 aromatic rings. The molecule has 0 spiro atoms. The first kappa shape index (κ1) is 14.0. The molecule has 3 heteroatoms. The largest absolute Gasteiger partial charge is 0.326 e. The van der Waals surface area contributed by atoms with E-state index in [1.54, 1.807) is 0 Å². The third-order valence-electron chi connectivity index (χ3n) is 4.23. The second-order valence-electron chi connectivity index (χ2n) is 5.76. The summed E-state index contributed by atoms with van der Waals surface area (Å²) in [5.74, 6) is 0.799. The van der Waals surface area contributed by atoms with E-state index in [0.717, 1.165) is 12.3 Å². The Labute approximate surface area is 115 Å². The predicted octanol–water partition coefficient (Wildman–Crippen LogP) is 3.65. The molecule has 102 valence electrons. The molecule has 4 unspecified atom stereocenters. The van der Waals surface area contributed by atoms with Crippen LogP contribution in [0.4, 0.5) is 0 Å². The molecule has 1 aliphatic rings. The van der Waals surface area contributed by atoms with Crippen molar-refractivity contribution >= 4 is 11.3 Å². The van der Waals surface area contributed by atoms with Gasteiger partial charge in [-0.1, -0.05) is 19.9 Å². The highest BCUT2D eigenvalue weighted by Gasteiger charge is 2.33. The second kappa shape index (κ2) is 6.18. The predicted molar refractivity (Wildman–Crippen MR) is 79.9 cm³/mol. The van der Waals surface area contributed by atoms with Crippen molar-refractivity contribution < 1.29 is 0 Å². The van der Waals surface area contributed by atoms with Gasteiger partial charge in [-0.2, -0.15) is 0 Å². The van der Waals surface area contributed by atoms with E-state index in [2.05, 4.69) is 43.2 Å². The summed E-state index contributed by atoms with van der Waals surface area (Å²) in [6, 6.07) is 5.71. The molecular formula is C15H26N2S. The van der Waals surface area contributed by atoms with Crippen molar-refractivity contribution in [1.29, 1.82) is 0 Å². The topological polar surface area (TPSA) is 29.3 Å². The van der Waals surface area contributed by atoms with E-state index in [0.29, 0.717) is 12.1 Å². The third-order valence-corrected chi connectivity index (χ3v) is 5.18. The molecule has 1 aliphatic heterocycles. The zero-order valence-corrected chi connectivity index (χ0v) is 12.6. The molecule has 0 radical (unpaired) electrons. The van der Waals surface area contributed by atoms with Crippen LogP contribution in [0.1, 0.15) is 51.0 Å². The molecule has 1 fully saturated rings. The van der Waals surface area contributed by atoms with Gasteiger partial charge in [0.1, 0.15) is 0 Å². The van der Waals surface area contributed by atoms with Crippen LogP contribution in [0.3, 0.4) is 0 Å². The highest BCUT2D eigenvalue weighted by atomic mass is 32.1. The number of nitrogens with two attached hydrogens (primary N) is 1. The fraction of sp³-hybridized carbons (Fsp3) is 0.733. The molecule has 4 atom stereocenters. The summed E-state index contributed by atoms with van der Waals surface area (Å²) in [5.41, 5.74) is 6.41. The molecule has 0 bridgehead atoms. The lowest BCUT2D eigenvalue weighted by atomic mass is 9.91. The Morgan fingerprint density at radius 3 is 2.83 bits per heavy atom. The first-order valence-electron chi connectivity index (χ1n) is 7.18. The summed E-state index contributed by atoms with van der Waals surface area (Å²) in [7, 11) is 0. The molecule has 0 aliphatic carbocycles. The van der Waals surface area contributed by atoms with Gasteiger partial charge < -0.3 is 5.73 Å². The van der Waals surface area contributed by atoms with Gasteiger partial charge in [0.25, 0.3) is 0 Å². The fourth-order valence-corrected chi connectivity index (χ4v) is 3.93. The van der Waals surface area contributed by atoms with E-state index in [9.17, 15) is 0 Å². The van der Waals surface area contributed by atoms with E-state index < -0.39 is 0 Å². The maximum atomic E-state index is 6.41. The van der Waals surface area contributed by atoms with Crippen LogP contribution in [0, 0.1) is 5.92 Å². The average molecular weight is 266 g/mol. The van der Waals surface area contributed by atoms with E-state index >= 15 is 0 Å². The van der Waals surface area contributed by atoms with Crippen molar-refractivity contribution in [1.82, 2.24) is 4.90 Å². The summed E-state index contributed by atoms with van der Waals surface area (Å²) in [6.07, 6.45) is 3.70. The summed E-state index contributed by atoms with van der Waals surface area (Å²) < 4.78 is 0. The number of hydrogen-bond acceptors (Lipinski definition) is 3. The minimum Gasteiger partial charge on any atom is -0.326 e. The molecule has 2 rings (SSSR count). The summed E-state index contributed by atoms with van der Waals surface area (Å²) in [6.45, 7) is 8.11. The normalized spacial score (nSPS) is 29.1. The van der Waals surface area contributed by atoms with Gasteiger partial charge in [0.2, 0.25) is 0 Å². The summed E-state index contributed by atoms with van der Waals surface area (Å²) in [5, 5.41) is 2.17. The molecule has 0 saturated carbocycles. The minimum absolute atomic E-state index is 0.247. The zero-order valence-electron chi connectivity index (χ0n) is 11.8. The Balaban J connectivity index is 2.22. The van der Waals surface area contributed by atoms with Crippen LogP contribution >= 0.6 is 11.3 Å². The van der Waals surface area contributed by atoms with Crippen LogP contribution in [-0.4, -0.2) is 23.5 Å². The smallest absolute Gasteiger partial charge is 0.0595 e. The highest BCUT2D eigenvalue weighted by Crippen LogP contribution is 2.35. The highest BCUT2D eigenvalue weighted by molar-refractivity contribution is 7.10. The van der Waals surface area contributed by atoms with Crippen molar-refractivity contribution in [2.24, 2.45) is 11.7 Å². The van der Waals surface area contributed by atoms with Crippen LogP contribution < -0.4 is 5.73 Å². The minimum atomic E-state index is 0.247. The Morgan fingerprint density at radius 2 is 2.22 bits per heavy atom. The van der Waals surface area contributed by atoms with Crippen molar-refractivity contribution in [3.63, 3.8) is 0 Å². The zero-order chi connectivity index (χ0) is 13.1. The first-order chi connectivity index (χ1) is 8.63. The van der Waals surface area contributed by atoms with Gasteiger partial charge >= 0.3 is 0 Å². The van der Waals surface area contributed by atoms with Crippen molar-refractivity contribution in [3.8, 4) is 0 Å². The summed E-state index contributed by atoms with van der Waals surface area (Å²) in [4.78, 5) is 4.08. The standard InChI is InChI=1S/C15H26N2S/c1-4-13(16)15(14-6-5-9-18-14)17-10-11(2)7-8-12(17)3/h5-6,9,11-13,15H,4,7-8,10,16H2,1-3H3. The quantitative estimate of drug-likeness (QED) is 0.901. The molecule has 1 saturated heterocycles. The SMILES string of the molecule is CCC(N)C(c1cccs1)N1CC(C)CCC1C. The van der Waals surface area contributed by atoms with Crippen LogP contribution in [-0.2, 0) is 0 Å². The van der Waals surface area contributed by atoms with E-state index in [1.807, 2.05) is 11.3 Å². The molecule has 2 heterocycles. The lowest BCUT2D eigenvalue weighted by molar-refractivity contribution is 0.0642. The van der Waals surface area contributed by atoms with Gasteiger partial charge in [0.05, 0.1) is 6.04 Å². The van der Waals surface area contributed by atoms with Crippen molar-refractivity contribution in [3.05, 3.63) is 22.4 Å². The second-order valence-corrected chi connectivity index (χ2v) is 6.74. The van der Waals surface area contributed by atoms with Gasteiger partial charge in [-0.05, 0) is 43.6 Å². The summed E-state index contributed by atoms with van der Waals surface area (Å²) >= 11 is 1.85. The third kappa shape index (κ3) is 2.95. The molecule has 2 nitrogen and oxygen atoms in total. The lowest BCUT2D eigenvalue weighted by Crippen LogP contribution is -2.48. The monoisotopic (exact) mass is 266 g/mol. The number of hydrogen-bond donors (Lipinski definition) is 1. The van der Waals surface area contributed by atoms with Gasteiger partial charge in [0.15, 0.2) is 0 Å². The first-order valence-corrected chi connectivity index (χ1v) is 8.06. The maximum absolute atomic E-state index is 6.41. The number of piperidine rings is 1. The average Bonchev–Trinajstić information content (AvgIpc) is 2.87. The van der Waals surface area contributed by atoms with Gasteiger partial charge in [-0.15, -0.1) is 11.3 Å². The van der Waals surface area contributed by atoms with E-state index in [-0.39, 0.29) is 6.04 Å². The van der Waals surface area contributed by atoms with Crippen LogP contribution in [0.25, 0.3) is 0 Å². The van der Waals surface area contributed by atoms with Gasteiger partial charge in [-0.25, -0.2) is 0 Å². The van der Waals surface area contributed by atoms with Crippen LogP contribution in [0.15, 0.2) is 17.5 Å². The molecule has 18 heavy (non-hydrogen) atoms. The molecule has 0 amide bonds. The number of thiophene rings is 1. The van der Waals surface area contributed by atoms with Gasteiger partial charge in [-0.3, -0.25) is 4.90 Å². The van der Waals surface area contributed by atoms with Crippen molar-refractivity contribution in [2.45, 2.75) is 58.2 Å². The molecule has 1 aromatic heterocycles. The maximum Gasteiger partial charge on any atom is 0.0595 e. The Kier molecular flexibility index (Phi) is 4.82. The molecule has 2 N–H and O–H groups in total. The number of rotatable bonds is 4. The lowest BCUT2D eigenvalue weighted by Gasteiger charge is -2.43. The van der Waals surface area contributed by atoms with Crippen molar-refractivity contribution in [2.75, 3.05) is 6.54 Å². The van der Waals surface area contributed by atoms with E-state index in [4.69, 9.17) is 5.73 Å². The van der Waals surface area contributed by atoms with Gasteiger partial charge in [0, 0.05) is 23.5 Å². The molecular weight excluding hydrogens is 240 g/mol. The fourth-order valence-electron chi connectivity index (χ4n) is 3.01. The number of nitrogens with zero attached hydrogens (tertiary/aromatic N) is 1. The van der Waals surface area contributed by atoms with E-state index in [1.165, 1.54) is 24.3 Å². The van der Waals surface area contributed by atoms with Crippen LogP contribution in [0.2, 0.25) is 0 Å².